The summed E-state index contributed by atoms with van der Waals surface area (Å²) in [6, 6.07) is 9.11. The van der Waals surface area contributed by atoms with Crippen LogP contribution >= 0.6 is 11.3 Å². The SMILES string of the molecule is CN(C)Cc1cc(NC(=O)c2csc3c2CCN(C(=O)c2cnc4ccccn24)C3)cc(C(F)(F)F)c1. The third kappa shape index (κ3) is 5.09. The first-order valence-electron chi connectivity index (χ1n) is 11.6. The van der Waals surface area contributed by atoms with Crippen LogP contribution in [0, 0.1) is 0 Å². The van der Waals surface area contributed by atoms with Crippen LogP contribution in [0.4, 0.5) is 18.9 Å². The van der Waals surface area contributed by atoms with E-state index in [2.05, 4.69) is 10.3 Å². The highest BCUT2D eigenvalue weighted by atomic mass is 32.1. The van der Waals surface area contributed by atoms with Crippen molar-refractivity contribution in [3.63, 3.8) is 0 Å². The molecule has 192 valence electrons. The molecule has 3 aromatic heterocycles. The number of aromatic nitrogens is 2. The van der Waals surface area contributed by atoms with E-state index in [-0.39, 0.29) is 11.6 Å². The number of alkyl halides is 3. The molecule has 37 heavy (non-hydrogen) atoms. The monoisotopic (exact) mass is 527 g/mol. The van der Waals surface area contributed by atoms with Crippen LogP contribution < -0.4 is 5.32 Å². The molecule has 1 N–H and O–H groups in total. The second kappa shape index (κ2) is 9.64. The normalized spacial score (nSPS) is 13.7. The van der Waals surface area contributed by atoms with Crippen LogP contribution in [0.25, 0.3) is 5.65 Å². The van der Waals surface area contributed by atoms with Gasteiger partial charge in [0.25, 0.3) is 11.8 Å². The fourth-order valence-electron chi connectivity index (χ4n) is 4.53. The van der Waals surface area contributed by atoms with Crippen LogP contribution in [0.2, 0.25) is 0 Å². The molecule has 7 nitrogen and oxygen atoms in total. The zero-order valence-electron chi connectivity index (χ0n) is 20.2. The molecule has 0 saturated heterocycles. The van der Waals surface area contributed by atoms with Crippen LogP contribution in [-0.2, 0) is 25.7 Å². The highest BCUT2D eigenvalue weighted by molar-refractivity contribution is 7.10. The van der Waals surface area contributed by atoms with Crippen molar-refractivity contribution in [3.8, 4) is 0 Å². The van der Waals surface area contributed by atoms with Crippen molar-refractivity contribution in [3.05, 3.63) is 87.0 Å². The van der Waals surface area contributed by atoms with Gasteiger partial charge in [-0.15, -0.1) is 11.3 Å². The number of hydrogen-bond donors (Lipinski definition) is 1. The number of nitrogens with zero attached hydrogens (tertiary/aromatic N) is 4. The van der Waals surface area contributed by atoms with E-state index in [9.17, 15) is 22.8 Å². The van der Waals surface area contributed by atoms with Gasteiger partial charge in [0.15, 0.2) is 0 Å². The van der Waals surface area contributed by atoms with Gasteiger partial charge in [0.05, 0.1) is 23.9 Å². The first-order valence-corrected chi connectivity index (χ1v) is 12.5. The van der Waals surface area contributed by atoms with Gasteiger partial charge in [-0.05, 0) is 62.0 Å². The Hall–Kier alpha value is -3.70. The maximum Gasteiger partial charge on any atom is 0.416 e. The number of anilines is 1. The summed E-state index contributed by atoms with van der Waals surface area (Å²) >= 11 is 1.37. The van der Waals surface area contributed by atoms with Crippen LogP contribution in [-0.4, -0.2) is 51.6 Å². The standard InChI is InChI=1S/C26H24F3N5O2S/c1-32(2)13-16-9-17(26(27,28)29)11-18(10-16)31-24(35)20-15-37-22-14-33(8-6-19(20)22)25(36)21-12-30-23-5-3-4-7-34(21)23/h3-5,7,9-12,15H,6,8,13-14H2,1-2H3,(H,31,35). The summed E-state index contributed by atoms with van der Waals surface area (Å²) in [5.41, 5.74) is 2.13. The molecule has 2 amide bonds. The number of imidazole rings is 1. The quantitative estimate of drug-likeness (QED) is 0.400. The average molecular weight is 528 g/mol. The molecule has 0 aliphatic carbocycles. The number of carbonyl (C=O) groups excluding carboxylic acids is 2. The lowest BCUT2D eigenvalue weighted by molar-refractivity contribution is -0.137. The van der Waals surface area contributed by atoms with Crippen LogP contribution in [0.15, 0.2) is 54.2 Å². The second-order valence-electron chi connectivity index (χ2n) is 9.21. The number of benzene rings is 1. The van der Waals surface area contributed by atoms with E-state index >= 15 is 0 Å². The van der Waals surface area contributed by atoms with E-state index in [4.69, 9.17) is 0 Å². The molecule has 0 saturated carbocycles. The number of carbonyl (C=O) groups is 2. The Morgan fingerprint density at radius 2 is 2.00 bits per heavy atom. The molecular formula is C26H24F3N5O2S. The van der Waals surface area contributed by atoms with Gasteiger partial charge < -0.3 is 15.1 Å². The number of fused-ring (bicyclic) bond motifs is 2. The van der Waals surface area contributed by atoms with E-state index in [0.29, 0.717) is 48.5 Å². The van der Waals surface area contributed by atoms with E-state index in [1.165, 1.54) is 11.3 Å². The molecule has 0 radical (unpaired) electrons. The zero-order chi connectivity index (χ0) is 26.3. The molecule has 4 heterocycles. The smallest absolute Gasteiger partial charge is 0.332 e. The van der Waals surface area contributed by atoms with Crippen molar-refractivity contribution >= 4 is 34.5 Å². The molecule has 0 unspecified atom stereocenters. The first kappa shape index (κ1) is 25.0. The first-order chi connectivity index (χ1) is 17.6. The number of thiophene rings is 1. The van der Waals surface area contributed by atoms with Gasteiger partial charge in [0, 0.05) is 35.2 Å². The minimum absolute atomic E-state index is 0.0943. The maximum atomic E-state index is 13.4. The minimum atomic E-state index is -4.53. The van der Waals surface area contributed by atoms with Crippen LogP contribution in [0.3, 0.4) is 0 Å². The number of pyridine rings is 1. The van der Waals surface area contributed by atoms with Crippen molar-refractivity contribution in [2.75, 3.05) is 26.0 Å². The van der Waals surface area contributed by atoms with Crippen molar-refractivity contribution in [1.29, 1.82) is 0 Å². The van der Waals surface area contributed by atoms with Crippen molar-refractivity contribution < 1.29 is 22.8 Å². The fraction of sp³-hybridized carbons (Fsp3) is 0.269. The molecular weight excluding hydrogens is 503 g/mol. The third-order valence-corrected chi connectivity index (χ3v) is 7.21. The summed E-state index contributed by atoms with van der Waals surface area (Å²) in [5.74, 6) is -0.615. The lowest BCUT2D eigenvalue weighted by atomic mass is 10.0. The summed E-state index contributed by atoms with van der Waals surface area (Å²) in [6.45, 7) is 1.07. The summed E-state index contributed by atoms with van der Waals surface area (Å²) in [7, 11) is 3.53. The molecule has 11 heteroatoms. The van der Waals surface area contributed by atoms with Gasteiger partial charge in [-0.25, -0.2) is 4.98 Å². The van der Waals surface area contributed by atoms with Gasteiger partial charge in [0.1, 0.15) is 11.3 Å². The molecule has 1 aromatic carbocycles. The van der Waals surface area contributed by atoms with Gasteiger partial charge in [-0.2, -0.15) is 13.2 Å². The largest absolute Gasteiger partial charge is 0.416 e. The molecule has 4 aromatic rings. The third-order valence-electron chi connectivity index (χ3n) is 6.19. The molecule has 0 spiro atoms. The molecule has 0 fully saturated rings. The fourth-order valence-corrected chi connectivity index (χ4v) is 5.62. The Morgan fingerprint density at radius 3 is 2.76 bits per heavy atom. The van der Waals surface area contributed by atoms with Crippen molar-refractivity contribution in [2.45, 2.75) is 25.7 Å². The zero-order valence-corrected chi connectivity index (χ0v) is 21.0. The highest BCUT2D eigenvalue weighted by Crippen LogP contribution is 2.34. The lowest BCUT2D eigenvalue weighted by Gasteiger charge is -2.27. The van der Waals surface area contributed by atoms with Crippen LogP contribution in [0.5, 0.6) is 0 Å². The summed E-state index contributed by atoms with van der Waals surface area (Å²) in [4.78, 5) is 34.9. The lowest BCUT2D eigenvalue weighted by Crippen LogP contribution is -2.36. The predicted octanol–water partition coefficient (Wildman–Crippen LogP) is 4.93. The topological polar surface area (TPSA) is 70.0 Å². The van der Waals surface area contributed by atoms with E-state index in [1.54, 1.807) is 52.1 Å². The highest BCUT2D eigenvalue weighted by Gasteiger charge is 2.32. The Morgan fingerprint density at radius 1 is 1.19 bits per heavy atom. The number of nitrogens with one attached hydrogen (secondary N) is 1. The number of halogens is 3. The van der Waals surface area contributed by atoms with Gasteiger partial charge in [-0.1, -0.05) is 6.07 Å². The number of hydrogen-bond acceptors (Lipinski definition) is 5. The Labute approximate surface area is 215 Å². The minimum Gasteiger partial charge on any atom is -0.332 e. The molecule has 1 aliphatic heterocycles. The van der Waals surface area contributed by atoms with Gasteiger partial charge in [-0.3, -0.25) is 14.0 Å². The maximum absolute atomic E-state index is 13.4. The molecule has 0 atom stereocenters. The Balaban J connectivity index is 1.35. The van der Waals surface area contributed by atoms with Crippen molar-refractivity contribution in [2.24, 2.45) is 0 Å². The molecule has 1 aliphatic rings. The second-order valence-corrected chi connectivity index (χ2v) is 10.2. The average Bonchev–Trinajstić information content (AvgIpc) is 3.46. The molecule has 5 rings (SSSR count). The Kier molecular flexibility index (Phi) is 6.50. The van der Waals surface area contributed by atoms with Gasteiger partial charge in [0.2, 0.25) is 0 Å². The Bertz CT molecular complexity index is 1490. The summed E-state index contributed by atoms with van der Waals surface area (Å²) in [5, 5.41) is 4.36. The predicted molar refractivity (Wildman–Crippen MR) is 135 cm³/mol. The summed E-state index contributed by atoms with van der Waals surface area (Å²) < 4.78 is 42.1. The van der Waals surface area contributed by atoms with Crippen molar-refractivity contribution in [1.82, 2.24) is 19.2 Å². The number of rotatable bonds is 5. The van der Waals surface area contributed by atoms with E-state index in [0.717, 1.165) is 22.6 Å². The number of amides is 2. The van der Waals surface area contributed by atoms with Gasteiger partial charge >= 0.3 is 6.18 Å². The summed E-state index contributed by atoms with van der Waals surface area (Å²) in [6.07, 6.45) is -0.713. The van der Waals surface area contributed by atoms with Crippen LogP contribution in [0.1, 0.15) is 42.4 Å². The molecule has 0 bridgehead atoms. The van der Waals surface area contributed by atoms with E-state index < -0.39 is 17.6 Å². The van der Waals surface area contributed by atoms with E-state index in [1.807, 2.05) is 18.2 Å².